The van der Waals surface area contributed by atoms with Crippen LogP contribution in [0.4, 0.5) is 0 Å². The third-order valence-corrected chi connectivity index (χ3v) is 5.01. The topological polar surface area (TPSA) is 78.5 Å². The van der Waals surface area contributed by atoms with Crippen molar-refractivity contribution in [3.8, 4) is 28.6 Å². The Bertz CT molecular complexity index is 1220. The average molecular weight is 422 g/mol. The van der Waals surface area contributed by atoms with Crippen LogP contribution in [0.15, 0.2) is 71.3 Å². The molecule has 150 valence electrons. The summed E-state index contributed by atoms with van der Waals surface area (Å²) < 4.78 is 17.7. The zero-order valence-electron chi connectivity index (χ0n) is 15.7. The van der Waals surface area contributed by atoms with Crippen LogP contribution in [0.25, 0.3) is 17.1 Å². The summed E-state index contributed by atoms with van der Waals surface area (Å²) in [4.78, 5) is 13.0. The van der Waals surface area contributed by atoms with Gasteiger partial charge in [0.2, 0.25) is 6.79 Å². The van der Waals surface area contributed by atoms with Gasteiger partial charge in [-0.05, 0) is 42.0 Å². The molecular formula is C22H16ClN3O4. The first-order valence-corrected chi connectivity index (χ1v) is 9.62. The summed E-state index contributed by atoms with van der Waals surface area (Å²) in [6.07, 6.45) is 1.56. The van der Waals surface area contributed by atoms with Gasteiger partial charge >= 0.3 is 0 Å². The van der Waals surface area contributed by atoms with E-state index < -0.39 is 0 Å². The van der Waals surface area contributed by atoms with Crippen LogP contribution in [0.3, 0.4) is 0 Å². The second-order valence-corrected chi connectivity index (χ2v) is 7.03. The molecule has 1 N–H and O–H groups in total. The van der Waals surface area contributed by atoms with E-state index in [1.807, 2.05) is 30.3 Å². The number of aromatic nitrogens is 2. The summed E-state index contributed by atoms with van der Waals surface area (Å²) in [5.74, 6) is 1.64. The van der Waals surface area contributed by atoms with E-state index in [9.17, 15) is 4.79 Å². The largest absolute Gasteiger partial charge is 0.463 e. The van der Waals surface area contributed by atoms with E-state index in [1.54, 1.807) is 36.6 Å². The Morgan fingerprint density at radius 3 is 2.77 bits per heavy atom. The van der Waals surface area contributed by atoms with Crippen LogP contribution in [-0.2, 0) is 6.54 Å². The highest BCUT2D eigenvalue weighted by Gasteiger charge is 2.20. The minimum atomic E-state index is -0.294. The van der Waals surface area contributed by atoms with Crippen molar-refractivity contribution < 1.29 is 18.7 Å². The number of ether oxygens (including phenoxy) is 2. The first-order valence-electron chi connectivity index (χ1n) is 9.24. The molecule has 0 saturated carbocycles. The molecule has 0 aliphatic carbocycles. The predicted octanol–water partition coefficient (Wildman–Crippen LogP) is 4.44. The monoisotopic (exact) mass is 421 g/mol. The lowest BCUT2D eigenvalue weighted by Gasteiger charge is -2.10. The van der Waals surface area contributed by atoms with Gasteiger partial charge in [-0.25, -0.2) is 4.68 Å². The normalized spacial score (nSPS) is 12.2. The first kappa shape index (κ1) is 18.3. The van der Waals surface area contributed by atoms with Crippen molar-refractivity contribution in [2.45, 2.75) is 6.54 Å². The smallest absolute Gasteiger partial charge is 0.270 e. The summed E-state index contributed by atoms with van der Waals surface area (Å²) in [6, 6.07) is 18.0. The van der Waals surface area contributed by atoms with E-state index in [0.29, 0.717) is 45.9 Å². The first-order chi connectivity index (χ1) is 14.7. The molecule has 1 amide bonds. The van der Waals surface area contributed by atoms with Crippen LogP contribution in [0.5, 0.6) is 11.5 Å². The molecule has 5 rings (SSSR count). The van der Waals surface area contributed by atoms with Crippen molar-refractivity contribution in [2.75, 3.05) is 6.79 Å². The molecule has 30 heavy (non-hydrogen) atoms. The van der Waals surface area contributed by atoms with E-state index in [1.165, 1.54) is 4.68 Å². The Labute approximate surface area is 176 Å². The Morgan fingerprint density at radius 2 is 1.93 bits per heavy atom. The van der Waals surface area contributed by atoms with Gasteiger partial charge in [0, 0.05) is 12.6 Å². The number of amides is 1. The third kappa shape index (κ3) is 3.40. The molecule has 1 aliphatic rings. The Hall–Kier alpha value is -3.71. The van der Waals surface area contributed by atoms with Crippen LogP contribution in [-0.4, -0.2) is 22.5 Å². The number of carbonyl (C=O) groups excluding carboxylic acids is 1. The molecular weight excluding hydrogens is 406 g/mol. The second kappa shape index (κ2) is 7.61. The SMILES string of the molecule is O=C(NCc1ccc2c(c1)OCO2)c1cc(-c2ccco2)nn1-c1ccccc1Cl. The molecule has 0 atom stereocenters. The molecule has 2 aromatic carbocycles. The Balaban J connectivity index is 1.45. The number of nitrogens with one attached hydrogen (secondary N) is 1. The number of para-hydroxylation sites is 1. The lowest BCUT2D eigenvalue weighted by atomic mass is 10.2. The zero-order valence-corrected chi connectivity index (χ0v) is 16.4. The van der Waals surface area contributed by atoms with E-state index >= 15 is 0 Å². The number of hydrogen-bond donors (Lipinski definition) is 1. The van der Waals surface area contributed by atoms with E-state index in [-0.39, 0.29) is 12.7 Å². The molecule has 0 bridgehead atoms. The van der Waals surface area contributed by atoms with Crippen molar-refractivity contribution >= 4 is 17.5 Å². The van der Waals surface area contributed by atoms with Crippen molar-refractivity contribution in [3.05, 3.63) is 83.2 Å². The highest BCUT2D eigenvalue weighted by molar-refractivity contribution is 6.32. The van der Waals surface area contributed by atoms with Gasteiger partial charge in [-0.2, -0.15) is 5.10 Å². The number of fused-ring (bicyclic) bond motifs is 1. The molecule has 7 nitrogen and oxygen atoms in total. The lowest BCUT2D eigenvalue weighted by Crippen LogP contribution is -2.25. The molecule has 8 heteroatoms. The highest BCUT2D eigenvalue weighted by Crippen LogP contribution is 2.32. The highest BCUT2D eigenvalue weighted by atomic mass is 35.5. The van der Waals surface area contributed by atoms with Gasteiger partial charge in [-0.3, -0.25) is 4.79 Å². The number of rotatable bonds is 5. The van der Waals surface area contributed by atoms with Gasteiger partial charge in [0.1, 0.15) is 11.4 Å². The van der Waals surface area contributed by atoms with Gasteiger partial charge in [0.25, 0.3) is 5.91 Å². The maximum Gasteiger partial charge on any atom is 0.270 e. The fourth-order valence-electron chi connectivity index (χ4n) is 3.22. The van der Waals surface area contributed by atoms with Gasteiger partial charge in [-0.15, -0.1) is 0 Å². The third-order valence-electron chi connectivity index (χ3n) is 4.69. The zero-order chi connectivity index (χ0) is 20.5. The van der Waals surface area contributed by atoms with Crippen LogP contribution in [0.1, 0.15) is 16.1 Å². The minimum absolute atomic E-state index is 0.206. The van der Waals surface area contributed by atoms with E-state index in [4.69, 9.17) is 25.5 Å². The number of carbonyl (C=O) groups is 1. The summed E-state index contributed by atoms with van der Waals surface area (Å²) in [5.41, 5.74) is 2.37. The molecule has 0 fully saturated rings. The summed E-state index contributed by atoms with van der Waals surface area (Å²) in [5, 5.41) is 7.96. The molecule has 3 heterocycles. The van der Waals surface area contributed by atoms with Crippen molar-refractivity contribution in [2.24, 2.45) is 0 Å². The molecule has 0 saturated heterocycles. The van der Waals surface area contributed by atoms with Gasteiger partial charge < -0.3 is 19.2 Å². The van der Waals surface area contributed by atoms with Gasteiger partial charge in [-0.1, -0.05) is 29.8 Å². The van der Waals surface area contributed by atoms with Gasteiger partial charge in [0.15, 0.2) is 17.3 Å². The Kier molecular flexibility index (Phi) is 4.65. The van der Waals surface area contributed by atoms with E-state index in [2.05, 4.69) is 10.4 Å². The second-order valence-electron chi connectivity index (χ2n) is 6.63. The van der Waals surface area contributed by atoms with E-state index in [0.717, 1.165) is 5.56 Å². The van der Waals surface area contributed by atoms with Gasteiger partial charge in [0.05, 0.1) is 17.0 Å². The van der Waals surface area contributed by atoms with Crippen molar-refractivity contribution in [3.63, 3.8) is 0 Å². The molecule has 0 unspecified atom stereocenters. The standard InChI is InChI=1S/C22H16ClN3O4/c23-15-4-1-2-5-17(15)26-18(11-16(25-26)19-6-3-9-28-19)22(27)24-12-14-7-8-20-21(10-14)30-13-29-20/h1-11H,12-13H2,(H,24,27). The van der Waals surface area contributed by atoms with Crippen LogP contribution >= 0.6 is 11.6 Å². The fraction of sp³-hybridized carbons (Fsp3) is 0.0909. The predicted molar refractivity (Wildman–Crippen MR) is 110 cm³/mol. The summed E-state index contributed by atoms with van der Waals surface area (Å²) in [6.45, 7) is 0.525. The molecule has 2 aromatic heterocycles. The molecule has 0 spiro atoms. The van der Waals surface area contributed by atoms with Crippen LogP contribution in [0, 0.1) is 0 Å². The lowest BCUT2D eigenvalue weighted by molar-refractivity contribution is 0.0943. The number of halogens is 1. The quantitative estimate of drug-likeness (QED) is 0.515. The Morgan fingerprint density at radius 1 is 1.07 bits per heavy atom. The number of hydrogen-bond acceptors (Lipinski definition) is 5. The maximum absolute atomic E-state index is 13.0. The van der Waals surface area contributed by atoms with Crippen molar-refractivity contribution in [1.29, 1.82) is 0 Å². The molecule has 0 radical (unpaired) electrons. The average Bonchev–Trinajstić information content (AvgIpc) is 3.52. The van der Waals surface area contributed by atoms with Crippen LogP contribution in [0.2, 0.25) is 5.02 Å². The number of nitrogens with zero attached hydrogens (tertiary/aromatic N) is 2. The minimum Gasteiger partial charge on any atom is -0.463 e. The molecule has 1 aliphatic heterocycles. The summed E-state index contributed by atoms with van der Waals surface area (Å²) in [7, 11) is 0. The fourth-order valence-corrected chi connectivity index (χ4v) is 3.43. The number of furan rings is 1. The summed E-state index contributed by atoms with van der Waals surface area (Å²) >= 11 is 6.35. The van der Waals surface area contributed by atoms with Crippen molar-refractivity contribution in [1.82, 2.24) is 15.1 Å². The van der Waals surface area contributed by atoms with Crippen LogP contribution < -0.4 is 14.8 Å². The molecule has 4 aromatic rings. The maximum atomic E-state index is 13.0. The number of benzene rings is 2.